The SMILES string of the molecule is CC1(C)COP(=O)(CC#N)OC1. The smallest absolute Gasteiger partial charge is 0.307 e. The first-order chi connectivity index (χ1) is 5.47. The lowest BCUT2D eigenvalue weighted by molar-refractivity contribution is 0.0427. The highest BCUT2D eigenvalue weighted by atomic mass is 31.2. The van der Waals surface area contributed by atoms with Crippen LogP contribution in [0, 0.1) is 16.7 Å². The van der Waals surface area contributed by atoms with Crippen LogP contribution in [0.4, 0.5) is 0 Å². The van der Waals surface area contributed by atoms with Gasteiger partial charge in [-0.1, -0.05) is 13.8 Å². The second-order valence-electron chi connectivity index (χ2n) is 3.64. The van der Waals surface area contributed by atoms with Crippen LogP contribution in [0.5, 0.6) is 0 Å². The van der Waals surface area contributed by atoms with Crippen molar-refractivity contribution in [1.82, 2.24) is 0 Å². The summed E-state index contributed by atoms with van der Waals surface area (Å²) in [7, 11) is -3.05. The van der Waals surface area contributed by atoms with E-state index in [1.165, 1.54) is 0 Å². The summed E-state index contributed by atoms with van der Waals surface area (Å²) in [5, 5.41) is 8.33. The van der Waals surface area contributed by atoms with Gasteiger partial charge in [0.1, 0.15) is 6.16 Å². The molecule has 1 fully saturated rings. The fourth-order valence-corrected chi connectivity index (χ4v) is 2.33. The van der Waals surface area contributed by atoms with Gasteiger partial charge in [-0.3, -0.25) is 4.57 Å². The number of nitrogens with zero attached hydrogens (tertiary/aromatic N) is 1. The van der Waals surface area contributed by atoms with Gasteiger partial charge in [0, 0.05) is 5.41 Å². The minimum atomic E-state index is -3.05. The molecule has 0 atom stereocenters. The monoisotopic (exact) mass is 189 g/mol. The molecule has 0 aromatic rings. The average Bonchev–Trinajstić information content (AvgIpc) is 1.98. The van der Waals surface area contributed by atoms with Gasteiger partial charge in [-0.05, 0) is 0 Å². The molecule has 0 aromatic heterocycles. The standard InChI is InChI=1S/C7H12NO3P/c1-7(2)5-10-12(9,4-3-8)11-6-7/h4-6H2,1-2H3. The van der Waals surface area contributed by atoms with Gasteiger partial charge in [0.05, 0.1) is 19.3 Å². The molecule has 1 rings (SSSR count). The van der Waals surface area contributed by atoms with Crippen molar-refractivity contribution in [2.45, 2.75) is 13.8 Å². The van der Waals surface area contributed by atoms with Crippen molar-refractivity contribution in [3.05, 3.63) is 0 Å². The molecule has 0 aliphatic carbocycles. The first-order valence-electron chi connectivity index (χ1n) is 3.73. The maximum Gasteiger partial charge on any atom is 0.344 e. The van der Waals surface area contributed by atoms with Gasteiger partial charge in [0.2, 0.25) is 0 Å². The predicted molar refractivity (Wildman–Crippen MR) is 43.8 cm³/mol. The summed E-state index contributed by atoms with van der Waals surface area (Å²) in [5.74, 6) is 0. The number of nitriles is 1. The van der Waals surface area contributed by atoms with Crippen molar-refractivity contribution in [3.8, 4) is 6.07 Å². The van der Waals surface area contributed by atoms with E-state index >= 15 is 0 Å². The third kappa shape index (κ3) is 2.31. The highest BCUT2D eigenvalue weighted by Gasteiger charge is 2.36. The third-order valence-corrected chi connectivity index (χ3v) is 3.14. The van der Waals surface area contributed by atoms with Crippen LogP contribution in [0.2, 0.25) is 0 Å². The van der Waals surface area contributed by atoms with Gasteiger partial charge in [0.15, 0.2) is 0 Å². The lowest BCUT2D eigenvalue weighted by Gasteiger charge is -2.32. The number of rotatable bonds is 1. The zero-order chi connectivity index (χ0) is 9.24. The van der Waals surface area contributed by atoms with E-state index < -0.39 is 7.60 Å². The molecule has 0 aromatic carbocycles. The molecule has 1 aliphatic heterocycles. The summed E-state index contributed by atoms with van der Waals surface area (Å²) in [6, 6.07) is 1.79. The molecule has 68 valence electrons. The van der Waals surface area contributed by atoms with E-state index in [-0.39, 0.29) is 11.6 Å². The van der Waals surface area contributed by atoms with E-state index in [4.69, 9.17) is 14.3 Å². The lowest BCUT2D eigenvalue weighted by Crippen LogP contribution is -2.29. The first-order valence-corrected chi connectivity index (χ1v) is 5.45. The Balaban J connectivity index is 2.57. The molecule has 0 bridgehead atoms. The van der Waals surface area contributed by atoms with Crippen molar-refractivity contribution in [2.75, 3.05) is 19.4 Å². The highest BCUT2D eigenvalue weighted by molar-refractivity contribution is 7.54. The van der Waals surface area contributed by atoms with Crippen molar-refractivity contribution >= 4 is 7.60 Å². The molecule has 1 saturated heterocycles. The van der Waals surface area contributed by atoms with Crippen molar-refractivity contribution in [2.24, 2.45) is 5.41 Å². The quantitative estimate of drug-likeness (QED) is 0.590. The lowest BCUT2D eigenvalue weighted by atomic mass is 9.97. The Bertz CT molecular complexity index is 242. The van der Waals surface area contributed by atoms with Gasteiger partial charge in [0.25, 0.3) is 0 Å². The highest BCUT2D eigenvalue weighted by Crippen LogP contribution is 2.52. The normalized spacial score (nSPS) is 26.1. The predicted octanol–water partition coefficient (Wildman–Crippen LogP) is 1.78. The minimum Gasteiger partial charge on any atom is -0.307 e. The molecule has 4 nitrogen and oxygen atoms in total. The summed E-state index contributed by atoms with van der Waals surface area (Å²) < 4.78 is 21.5. The van der Waals surface area contributed by atoms with Crippen LogP contribution in [0.1, 0.15) is 13.8 Å². The Hall–Kier alpha value is -0.360. The summed E-state index contributed by atoms with van der Waals surface area (Å²) in [4.78, 5) is 0. The summed E-state index contributed by atoms with van der Waals surface area (Å²) in [5.41, 5.74) is -0.0939. The largest absolute Gasteiger partial charge is 0.344 e. The maximum absolute atomic E-state index is 11.5. The van der Waals surface area contributed by atoms with E-state index in [9.17, 15) is 4.57 Å². The van der Waals surface area contributed by atoms with Crippen LogP contribution in [0.25, 0.3) is 0 Å². The summed E-state index contributed by atoms with van der Waals surface area (Å²) in [6.07, 6.45) is -0.150. The Kier molecular flexibility index (Phi) is 2.58. The third-order valence-electron chi connectivity index (χ3n) is 1.57. The molecule has 0 spiro atoms. The second kappa shape index (κ2) is 3.18. The summed E-state index contributed by atoms with van der Waals surface area (Å²) in [6.45, 7) is 4.71. The van der Waals surface area contributed by atoms with Crippen LogP contribution in [0.15, 0.2) is 0 Å². The molecular formula is C7H12NO3P. The number of hydrogen-bond acceptors (Lipinski definition) is 4. The summed E-state index contributed by atoms with van der Waals surface area (Å²) >= 11 is 0. The van der Waals surface area contributed by atoms with Gasteiger partial charge in [-0.15, -0.1) is 0 Å². The van der Waals surface area contributed by atoms with Crippen LogP contribution in [0.3, 0.4) is 0 Å². The second-order valence-corrected chi connectivity index (χ2v) is 5.69. The van der Waals surface area contributed by atoms with Gasteiger partial charge >= 0.3 is 7.60 Å². The Morgan fingerprint density at radius 3 is 2.42 bits per heavy atom. The molecule has 0 saturated carbocycles. The van der Waals surface area contributed by atoms with Crippen LogP contribution < -0.4 is 0 Å². The van der Waals surface area contributed by atoms with E-state index in [1.807, 2.05) is 13.8 Å². The molecule has 0 amide bonds. The Labute approximate surface area is 72.0 Å². The molecule has 0 radical (unpaired) electrons. The van der Waals surface area contributed by atoms with Crippen LogP contribution >= 0.6 is 7.60 Å². The fraction of sp³-hybridized carbons (Fsp3) is 0.857. The molecular weight excluding hydrogens is 177 g/mol. The zero-order valence-electron chi connectivity index (χ0n) is 7.24. The molecule has 12 heavy (non-hydrogen) atoms. The van der Waals surface area contributed by atoms with E-state index in [1.54, 1.807) is 6.07 Å². The average molecular weight is 189 g/mol. The molecule has 1 heterocycles. The topological polar surface area (TPSA) is 59.3 Å². The molecule has 5 heteroatoms. The van der Waals surface area contributed by atoms with E-state index in [2.05, 4.69) is 0 Å². The molecule has 0 unspecified atom stereocenters. The zero-order valence-corrected chi connectivity index (χ0v) is 8.13. The molecule has 0 N–H and O–H groups in total. The molecule has 1 aliphatic rings. The van der Waals surface area contributed by atoms with Crippen molar-refractivity contribution in [3.63, 3.8) is 0 Å². The first kappa shape index (κ1) is 9.73. The van der Waals surface area contributed by atoms with Gasteiger partial charge in [-0.25, -0.2) is 0 Å². The Morgan fingerprint density at radius 1 is 1.50 bits per heavy atom. The van der Waals surface area contributed by atoms with Crippen LogP contribution in [-0.4, -0.2) is 19.4 Å². The Morgan fingerprint density at radius 2 is 2.00 bits per heavy atom. The van der Waals surface area contributed by atoms with Gasteiger partial charge < -0.3 is 9.05 Å². The maximum atomic E-state index is 11.5. The van der Waals surface area contributed by atoms with Crippen molar-refractivity contribution in [1.29, 1.82) is 5.26 Å². The fourth-order valence-electron chi connectivity index (χ4n) is 0.803. The van der Waals surface area contributed by atoms with Crippen LogP contribution in [-0.2, 0) is 13.6 Å². The number of hydrogen-bond donors (Lipinski definition) is 0. The van der Waals surface area contributed by atoms with Crippen molar-refractivity contribution < 1.29 is 13.6 Å². The van der Waals surface area contributed by atoms with E-state index in [0.717, 1.165) is 0 Å². The minimum absolute atomic E-state index is 0.0939. The van der Waals surface area contributed by atoms with E-state index in [0.29, 0.717) is 13.2 Å². The van der Waals surface area contributed by atoms with Gasteiger partial charge in [-0.2, -0.15) is 5.26 Å².